The fourth-order valence-corrected chi connectivity index (χ4v) is 3.10. The van der Waals surface area contributed by atoms with E-state index in [1.807, 2.05) is 11.0 Å². The summed E-state index contributed by atoms with van der Waals surface area (Å²) in [7, 11) is 0. The number of nitriles is 1. The Kier molecular flexibility index (Phi) is 4.04. The highest BCUT2D eigenvalue weighted by molar-refractivity contribution is 6.04. The summed E-state index contributed by atoms with van der Waals surface area (Å²) in [6, 6.07) is 4.33. The van der Waals surface area contributed by atoms with Crippen LogP contribution in [-0.2, 0) is 0 Å². The molecule has 0 bridgehead atoms. The van der Waals surface area contributed by atoms with Crippen LogP contribution in [0.4, 0.5) is 16.2 Å². The van der Waals surface area contributed by atoms with Crippen LogP contribution in [0.1, 0.15) is 16.1 Å². The number of nitrogens with zero attached hydrogens (tertiary/aromatic N) is 6. The lowest BCUT2D eigenvalue weighted by Crippen LogP contribution is -2.47. The molecule has 2 aromatic heterocycles. The molecule has 3 heterocycles. The van der Waals surface area contributed by atoms with Gasteiger partial charge in [0.05, 0.1) is 23.5 Å². The van der Waals surface area contributed by atoms with E-state index in [9.17, 15) is 9.18 Å². The van der Waals surface area contributed by atoms with E-state index in [0.29, 0.717) is 49.0 Å². The van der Waals surface area contributed by atoms with Gasteiger partial charge in [-0.05, 0) is 12.1 Å². The summed E-state index contributed by atoms with van der Waals surface area (Å²) in [6.07, 6.45) is 3.03. The van der Waals surface area contributed by atoms with Crippen molar-refractivity contribution in [2.45, 2.75) is 0 Å². The van der Waals surface area contributed by atoms with Crippen LogP contribution in [0.25, 0.3) is 11.0 Å². The molecule has 0 atom stereocenters. The van der Waals surface area contributed by atoms with Gasteiger partial charge in [-0.1, -0.05) is 0 Å². The minimum Gasteiger partial charge on any atom is -0.366 e. The summed E-state index contributed by atoms with van der Waals surface area (Å²) in [5.41, 5.74) is 6.45. The molecule has 0 unspecified atom stereocenters. The third kappa shape index (κ3) is 3.10. The Labute approximate surface area is 153 Å². The number of fused-ring (bicyclic) bond motifs is 1. The van der Waals surface area contributed by atoms with Crippen molar-refractivity contribution in [1.82, 2.24) is 19.9 Å². The van der Waals surface area contributed by atoms with Crippen molar-refractivity contribution < 1.29 is 9.18 Å². The first-order valence-corrected chi connectivity index (χ1v) is 8.26. The van der Waals surface area contributed by atoms with Gasteiger partial charge < -0.3 is 20.5 Å². The van der Waals surface area contributed by atoms with Gasteiger partial charge >= 0.3 is 0 Å². The number of carbonyl (C=O) groups excluding carboxylic acids is 1. The molecule has 1 aromatic carbocycles. The SMILES string of the molecule is N#Cc1cnc(N2CCN(c3nc4c(C(N)=O)cc(F)cc4[nH]3)CC2)cn1. The molecular formula is C17H15FN8O. The number of amides is 1. The van der Waals surface area contributed by atoms with Crippen LogP contribution in [0.5, 0.6) is 0 Å². The van der Waals surface area contributed by atoms with E-state index in [1.165, 1.54) is 12.3 Å². The number of anilines is 2. The summed E-state index contributed by atoms with van der Waals surface area (Å²) >= 11 is 0. The number of halogens is 1. The summed E-state index contributed by atoms with van der Waals surface area (Å²) in [5.74, 6) is -0.00234. The van der Waals surface area contributed by atoms with Gasteiger partial charge in [-0.2, -0.15) is 5.26 Å². The Hall–Kier alpha value is -3.74. The molecule has 1 amide bonds. The Morgan fingerprint density at radius 1 is 1.19 bits per heavy atom. The number of hydrogen-bond donors (Lipinski definition) is 2. The van der Waals surface area contributed by atoms with Crippen molar-refractivity contribution >= 4 is 28.7 Å². The highest BCUT2D eigenvalue weighted by Crippen LogP contribution is 2.23. The Morgan fingerprint density at radius 3 is 2.56 bits per heavy atom. The van der Waals surface area contributed by atoms with E-state index < -0.39 is 11.7 Å². The predicted molar refractivity (Wildman–Crippen MR) is 95.7 cm³/mol. The van der Waals surface area contributed by atoms with Gasteiger partial charge in [0.2, 0.25) is 5.95 Å². The van der Waals surface area contributed by atoms with E-state index in [-0.39, 0.29) is 11.3 Å². The number of nitrogens with two attached hydrogens (primary N) is 1. The molecule has 1 aliphatic rings. The molecular weight excluding hydrogens is 351 g/mol. The summed E-state index contributed by atoms with van der Waals surface area (Å²) in [6.45, 7) is 2.65. The van der Waals surface area contributed by atoms with Crippen LogP contribution < -0.4 is 15.5 Å². The number of benzene rings is 1. The van der Waals surface area contributed by atoms with Gasteiger partial charge in [0, 0.05) is 26.2 Å². The minimum absolute atomic E-state index is 0.0546. The van der Waals surface area contributed by atoms with Gasteiger partial charge in [-0.25, -0.2) is 19.3 Å². The molecule has 136 valence electrons. The van der Waals surface area contributed by atoms with Gasteiger partial charge in [-0.15, -0.1) is 0 Å². The second-order valence-corrected chi connectivity index (χ2v) is 6.12. The van der Waals surface area contributed by atoms with E-state index >= 15 is 0 Å². The summed E-state index contributed by atoms with van der Waals surface area (Å²) in [5, 5.41) is 8.79. The molecule has 27 heavy (non-hydrogen) atoms. The monoisotopic (exact) mass is 366 g/mol. The molecule has 0 saturated carbocycles. The van der Waals surface area contributed by atoms with Gasteiger partial charge in [-0.3, -0.25) is 4.79 Å². The van der Waals surface area contributed by atoms with Gasteiger partial charge in [0.15, 0.2) is 5.69 Å². The number of aromatic amines is 1. The number of rotatable bonds is 3. The third-order valence-electron chi connectivity index (χ3n) is 4.46. The van der Waals surface area contributed by atoms with E-state index in [0.717, 1.165) is 6.07 Å². The van der Waals surface area contributed by atoms with Crippen molar-refractivity contribution in [3.05, 3.63) is 41.6 Å². The number of primary amides is 1. The second-order valence-electron chi connectivity index (χ2n) is 6.12. The fraction of sp³-hybridized carbons (Fsp3) is 0.235. The lowest BCUT2D eigenvalue weighted by atomic mass is 10.1. The molecule has 9 nitrogen and oxygen atoms in total. The predicted octanol–water partition coefficient (Wildman–Crippen LogP) is 0.789. The average Bonchev–Trinajstić information content (AvgIpc) is 3.11. The number of H-pyrrole nitrogens is 1. The first kappa shape index (κ1) is 16.7. The fourth-order valence-electron chi connectivity index (χ4n) is 3.10. The zero-order chi connectivity index (χ0) is 19.0. The lowest BCUT2D eigenvalue weighted by molar-refractivity contribution is 0.100. The quantitative estimate of drug-likeness (QED) is 0.701. The number of nitrogens with one attached hydrogen (secondary N) is 1. The number of hydrogen-bond acceptors (Lipinski definition) is 7. The van der Waals surface area contributed by atoms with Crippen molar-refractivity contribution in [3.8, 4) is 6.07 Å². The van der Waals surface area contributed by atoms with Crippen LogP contribution in [0.2, 0.25) is 0 Å². The molecule has 10 heteroatoms. The highest BCUT2D eigenvalue weighted by atomic mass is 19.1. The highest BCUT2D eigenvalue weighted by Gasteiger charge is 2.22. The molecule has 1 saturated heterocycles. The van der Waals surface area contributed by atoms with Crippen LogP contribution in [0.3, 0.4) is 0 Å². The second kappa shape index (κ2) is 6.53. The summed E-state index contributed by atoms with van der Waals surface area (Å²) < 4.78 is 13.7. The molecule has 0 spiro atoms. The number of imidazole rings is 1. The van der Waals surface area contributed by atoms with Crippen molar-refractivity contribution in [3.63, 3.8) is 0 Å². The summed E-state index contributed by atoms with van der Waals surface area (Å²) in [4.78, 5) is 31.4. The molecule has 0 aliphatic carbocycles. The zero-order valence-corrected chi connectivity index (χ0v) is 14.2. The van der Waals surface area contributed by atoms with E-state index in [2.05, 4.69) is 24.8 Å². The van der Waals surface area contributed by atoms with Gasteiger partial charge in [0.1, 0.15) is 23.2 Å². The number of carbonyl (C=O) groups is 1. The van der Waals surface area contributed by atoms with Crippen LogP contribution in [0.15, 0.2) is 24.5 Å². The largest absolute Gasteiger partial charge is 0.366 e. The van der Waals surface area contributed by atoms with Crippen LogP contribution in [-0.4, -0.2) is 52.0 Å². The lowest BCUT2D eigenvalue weighted by Gasteiger charge is -2.35. The van der Waals surface area contributed by atoms with Crippen LogP contribution in [0, 0.1) is 17.1 Å². The normalized spacial score (nSPS) is 14.4. The molecule has 1 fully saturated rings. The number of piperazine rings is 1. The Balaban J connectivity index is 1.53. The average molecular weight is 366 g/mol. The Morgan fingerprint density at radius 2 is 1.93 bits per heavy atom. The number of aromatic nitrogens is 4. The minimum atomic E-state index is -0.721. The topological polar surface area (TPSA) is 128 Å². The van der Waals surface area contributed by atoms with Crippen molar-refractivity contribution in [1.29, 1.82) is 5.26 Å². The smallest absolute Gasteiger partial charge is 0.251 e. The van der Waals surface area contributed by atoms with Gasteiger partial charge in [0.25, 0.3) is 5.91 Å². The van der Waals surface area contributed by atoms with E-state index in [4.69, 9.17) is 11.0 Å². The Bertz CT molecular complexity index is 1050. The third-order valence-corrected chi connectivity index (χ3v) is 4.46. The van der Waals surface area contributed by atoms with Crippen molar-refractivity contribution in [2.24, 2.45) is 5.73 Å². The first-order valence-electron chi connectivity index (χ1n) is 8.26. The molecule has 1 aliphatic heterocycles. The molecule has 0 radical (unpaired) electrons. The van der Waals surface area contributed by atoms with Crippen LogP contribution >= 0.6 is 0 Å². The zero-order valence-electron chi connectivity index (χ0n) is 14.2. The van der Waals surface area contributed by atoms with E-state index in [1.54, 1.807) is 6.20 Å². The maximum absolute atomic E-state index is 13.7. The first-order chi connectivity index (χ1) is 13.0. The standard InChI is InChI=1S/C17H15FN8O/c18-10-5-12(16(20)27)15-13(6-10)23-17(24-15)26-3-1-25(2-4-26)14-9-21-11(7-19)8-22-14/h5-6,8-9H,1-4H2,(H2,20,27)(H,23,24). The molecule has 3 aromatic rings. The molecule has 3 N–H and O–H groups in total. The maximum Gasteiger partial charge on any atom is 0.251 e. The van der Waals surface area contributed by atoms with Crippen molar-refractivity contribution in [2.75, 3.05) is 36.0 Å². The molecule has 4 rings (SSSR count). The maximum atomic E-state index is 13.7.